The maximum absolute atomic E-state index is 8.55. The first kappa shape index (κ1) is 23.5. The van der Waals surface area contributed by atoms with E-state index in [1.807, 2.05) is 0 Å². The van der Waals surface area contributed by atoms with Gasteiger partial charge in [0.1, 0.15) is 0 Å². The third-order valence-corrected chi connectivity index (χ3v) is 0. The van der Waals surface area contributed by atoms with Gasteiger partial charge in [0, 0.05) is 0 Å². The molecule has 0 unspecified atom stereocenters. The van der Waals surface area contributed by atoms with E-state index in [4.69, 9.17) is 38.5 Å². The summed E-state index contributed by atoms with van der Waals surface area (Å²) in [6.07, 6.45) is 0. The van der Waals surface area contributed by atoms with Crippen molar-refractivity contribution in [2.45, 2.75) is 0 Å². The van der Waals surface area contributed by atoms with Crippen LogP contribution in [0.25, 0.3) is 0 Å². The van der Waals surface area contributed by atoms with Crippen LogP contribution in [0, 0.1) is 0 Å². The van der Waals surface area contributed by atoms with Gasteiger partial charge in [-0.25, -0.2) is 0 Å². The van der Waals surface area contributed by atoms with Crippen molar-refractivity contribution in [2.75, 3.05) is 0 Å². The predicted molar refractivity (Wildman–Crippen MR) is 15.2 cm³/mol. The van der Waals surface area contributed by atoms with Crippen LogP contribution < -0.4 is 29.4 Å². The van der Waals surface area contributed by atoms with E-state index < -0.39 is 15.6 Å². The van der Waals surface area contributed by atoms with Gasteiger partial charge in [-0.2, -0.15) is 15.6 Å². The Balaban J connectivity index is -0.0000000457. The third-order valence-electron chi connectivity index (χ3n) is 0. The molecule has 0 aliphatic rings. The summed E-state index contributed by atoms with van der Waals surface area (Å²) < 4.78 is 17.1. The Morgan fingerprint density at radius 1 is 0.667 bits per heavy atom. The SMILES string of the molecule is O=P([O-])([O-])[O-].O=P([O-])([O-])[O-].[Pt+2].[Zr+4]. The quantitative estimate of drug-likeness (QED) is 0.311. The molecule has 0 amide bonds. The molecule has 0 rings (SSSR count). The van der Waals surface area contributed by atoms with Gasteiger partial charge in [0.15, 0.2) is 0 Å². The minimum Gasteiger partial charge on any atom is -0.822 e. The summed E-state index contributed by atoms with van der Waals surface area (Å²) in [5.41, 5.74) is 0. The summed E-state index contributed by atoms with van der Waals surface area (Å²) in [6, 6.07) is 0. The Bertz CT molecular complexity index is 129. The molecule has 0 saturated heterocycles. The fourth-order valence-corrected chi connectivity index (χ4v) is 0. The minimum absolute atomic E-state index is 0. The smallest absolute Gasteiger partial charge is 0.822 e. The van der Waals surface area contributed by atoms with E-state index in [-0.39, 0.29) is 47.3 Å². The van der Waals surface area contributed by atoms with Gasteiger partial charge in [-0.05, 0) is 0 Å². The second-order valence-electron chi connectivity index (χ2n) is 0.894. The summed E-state index contributed by atoms with van der Waals surface area (Å²) in [7, 11) is -10.8. The van der Waals surface area contributed by atoms with Crippen LogP contribution >= 0.6 is 15.6 Å². The van der Waals surface area contributed by atoms with Crippen molar-refractivity contribution in [3.05, 3.63) is 0 Å². The van der Waals surface area contributed by atoms with E-state index in [0.717, 1.165) is 0 Å². The fraction of sp³-hybridized carbons (Fsp3) is 0. The normalized spacial score (nSPS) is 9.83. The molecule has 8 nitrogen and oxygen atoms in total. The zero-order chi connectivity index (χ0) is 9.00. The molecule has 0 radical (unpaired) electrons. The van der Waals surface area contributed by atoms with Crippen molar-refractivity contribution < 1.29 is 85.8 Å². The van der Waals surface area contributed by atoms with Crippen LogP contribution in [0.5, 0.6) is 0 Å². The number of hydrogen-bond acceptors (Lipinski definition) is 8. The van der Waals surface area contributed by atoms with Crippen LogP contribution in [-0.2, 0) is 56.4 Å². The van der Waals surface area contributed by atoms with Crippen molar-refractivity contribution in [3.8, 4) is 0 Å². The van der Waals surface area contributed by atoms with E-state index in [2.05, 4.69) is 0 Å². The molecule has 0 bridgehead atoms. The second-order valence-corrected chi connectivity index (χ2v) is 2.68. The number of phosphoric acid groups is 2. The van der Waals surface area contributed by atoms with Gasteiger partial charge >= 0.3 is 47.3 Å². The Morgan fingerprint density at radius 2 is 0.667 bits per heavy atom. The molecule has 0 aliphatic carbocycles. The third kappa shape index (κ3) is 428. The van der Waals surface area contributed by atoms with Crippen molar-refractivity contribution >= 4 is 15.6 Å². The molecular formula is O8P2PtZr. The Kier molecular flexibility index (Phi) is 18.3. The van der Waals surface area contributed by atoms with Crippen LogP contribution in [0.15, 0.2) is 0 Å². The maximum atomic E-state index is 8.55. The van der Waals surface area contributed by atoms with Crippen molar-refractivity contribution in [3.63, 3.8) is 0 Å². The molecule has 12 heavy (non-hydrogen) atoms. The van der Waals surface area contributed by atoms with Gasteiger partial charge in [0.2, 0.25) is 0 Å². The van der Waals surface area contributed by atoms with Gasteiger partial charge in [0.05, 0.1) is 0 Å². The van der Waals surface area contributed by atoms with E-state index in [1.54, 1.807) is 0 Å². The minimum atomic E-state index is -5.39. The molecule has 0 aliphatic heterocycles. The van der Waals surface area contributed by atoms with Crippen LogP contribution in [0.4, 0.5) is 0 Å². The molecule has 0 saturated carbocycles. The van der Waals surface area contributed by atoms with Crippen LogP contribution in [0.2, 0.25) is 0 Å². The molecular weight excluding hydrogens is 476 g/mol. The fourth-order valence-electron chi connectivity index (χ4n) is 0. The monoisotopic (exact) mass is 475 g/mol. The average Bonchev–Trinajstić information content (AvgIpc) is 1.12. The summed E-state index contributed by atoms with van der Waals surface area (Å²) in [6.45, 7) is 0. The Hall–Kier alpha value is 1.79. The molecule has 0 aromatic carbocycles. The van der Waals surface area contributed by atoms with Crippen LogP contribution in [0.3, 0.4) is 0 Å². The largest absolute Gasteiger partial charge is 4.00 e. The zero-order valence-electron chi connectivity index (χ0n) is 4.98. The van der Waals surface area contributed by atoms with E-state index >= 15 is 0 Å². The summed E-state index contributed by atoms with van der Waals surface area (Å²) >= 11 is 0. The van der Waals surface area contributed by atoms with E-state index in [1.165, 1.54) is 0 Å². The van der Waals surface area contributed by atoms with Gasteiger partial charge in [-0.1, -0.05) is 0 Å². The predicted octanol–water partition coefficient (Wildman–Crippen LogP) is -5.65. The molecule has 12 heteroatoms. The Labute approximate surface area is 101 Å². The van der Waals surface area contributed by atoms with Crippen molar-refractivity contribution in [1.29, 1.82) is 0 Å². The zero-order valence-corrected chi connectivity index (χ0v) is 11.5. The molecule has 0 spiro atoms. The summed E-state index contributed by atoms with van der Waals surface area (Å²) in [4.78, 5) is 51.3. The van der Waals surface area contributed by atoms with Crippen molar-refractivity contribution in [1.82, 2.24) is 0 Å². The van der Waals surface area contributed by atoms with Gasteiger partial charge in [-0.3, -0.25) is 0 Å². The first-order valence-electron chi connectivity index (χ1n) is 1.46. The maximum Gasteiger partial charge on any atom is 4.00 e. The van der Waals surface area contributed by atoms with Crippen molar-refractivity contribution in [2.24, 2.45) is 0 Å². The van der Waals surface area contributed by atoms with Crippen LogP contribution in [-0.4, -0.2) is 0 Å². The molecule has 0 aromatic heterocycles. The topological polar surface area (TPSA) is 172 Å². The first-order chi connectivity index (χ1) is 4.00. The first-order valence-corrected chi connectivity index (χ1v) is 4.38. The average molecular weight is 476 g/mol. The number of rotatable bonds is 0. The molecule has 72 valence electrons. The second kappa shape index (κ2) is 9.35. The molecule has 0 heterocycles. The van der Waals surface area contributed by atoms with E-state index in [9.17, 15) is 0 Å². The van der Waals surface area contributed by atoms with E-state index in [0.29, 0.717) is 0 Å². The molecule has 0 aromatic rings. The van der Waals surface area contributed by atoms with Gasteiger partial charge in [-0.15, -0.1) is 0 Å². The molecule has 0 atom stereocenters. The molecule has 0 N–H and O–H groups in total. The number of hydrogen-bond donors (Lipinski definition) is 0. The van der Waals surface area contributed by atoms with Gasteiger partial charge in [0.25, 0.3) is 0 Å². The summed E-state index contributed by atoms with van der Waals surface area (Å²) in [5.74, 6) is 0. The van der Waals surface area contributed by atoms with Crippen LogP contribution in [0.1, 0.15) is 0 Å². The summed E-state index contributed by atoms with van der Waals surface area (Å²) in [5, 5.41) is 0. The van der Waals surface area contributed by atoms with Gasteiger partial charge < -0.3 is 38.5 Å². The standard InChI is InChI=1S/2H3O4P.Pt.Zr/c2*1-5(2,3)4;;/h2*(H3,1,2,3,4);;/q;;+2;+4/p-6. The molecule has 0 fully saturated rings. The Morgan fingerprint density at radius 3 is 0.667 bits per heavy atom.